The van der Waals surface area contributed by atoms with E-state index in [1.807, 2.05) is 0 Å². The first-order valence-corrected chi connectivity index (χ1v) is 10.9. The van der Waals surface area contributed by atoms with Crippen molar-refractivity contribution in [1.82, 2.24) is 0 Å². The molecule has 3 aromatic carbocycles. The smallest absolute Gasteiger partial charge is 0.161 e. The van der Waals surface area contributed by atoms with E-state index in [1.54, 1.807) is 7.11 Å². The molecule has 0 atom stereocenters. The maximum absolute atomic E-state index is 5.80. The molecule has 1 nitrogen and oxygen atoms in total. The van der Waals surface area contributed by atoms with Crippen LogP contribution in [0.15, 0.2) is 84.9 Å². The normalized spacial score (nSPS) is 11.3. The van der Waals surface area contributed by atoms with Crippen LogP contribution in [0.4, 0.5) is 0 Å². The summed E-state index contributed by atoms with van der Waals surface area (Å²) in [6.07, 6.45) is 3.56. The Bertz CT molecular complexity index is 744. The van der Waals surface area contributed by atoms with Crippen molar-refractivity contribution in [3.63, 3.8) is 0 Å². The maximum atomic E-state index is 5.80. The molecular formula is C23H26OP+. The maximum Gasteiger partial charge on any atom is 0.161 e. The van der Waals surface area contributed by atoms with Crippen LogP contribution < -0.4 is 20.7 Å². The first kappa shape index (κ1) is 17.7. The Hall–Kier alpha value is -2.11. The summed E-state index contributed by atoms with van der Waals surface area (Å²) in [5.74, 6) is 1.000. The molecule has 3 aromatic rings. The lowest BCUT2D eigenvalue weighted by atomic mass is 10.3. The summed E-state index contributed by atoms with van der Waals surface area (Å²) in [4.78, 5) is 0. The van der Waals surface area contributed by atoms with Crippen molar-refractivity contribution in [2.24, 2.45) is 0 Å². The summed E-state index contributed by atoms with van der Waals surface area (Å²) in [6.45, 7) is 2.27. The van der Waals surface area contributed by atoms with E-state index in [1.165, 1.54) is 28.8 Å². The van der Waals surface area contributed by atoms with E-state index in [-0.39, 0.29) is 0 Å². The molecule has 0 heterocycles. The van der Waals surface area contributed by atoms with Crippen molar-refractivity contribution in [1.29, 1.82) is 0 Å². The van der Waals surface area contributed by atoms with Gasteiger partial charge in [-0.1, -0.05) is 61.9 Å². The highest BCUT2D eigenvalue weighted by Gasteiger charge is 2.46. The van der Waals surface area contributed by atoms with E-state index in [4.69, 9.17) is 4.74 Å². The zero-order valence-corrected chi connectivity index (χ0v) is 16.0. The molecule has 128 valence electrons. The van der Waals surface area contributed by atoms with Crippen LogP contribution in [0.5, 0.6) is 5.75 Å². The highest BCUT2D eigenvalue weighted by molar-refractivity contribution is 7.95. The van der Waals surface area contributed by atoms with Gasteiger partial charge in [-0.3, -0.25) is 0 Å². The molecule has 0 aliphatic rings. The molecule has 0 radical (unpaired) electrons. The number of para-hydroxylation sites is 1. The minimum absolute atomic E-state index is 1.000. The summed E-state index contributed by atoms with van der Waals surface area (Å²) in [7, 11) is 0.0322. The number of hydrogen-bond donors (Lipinski definition) is 0. The van der Waals surface area contributed by atoms with Crippen LogP contribution in [0.2, 0.25) is 0 Å². The fraction of sp³-hybridized carbons (Fsp3) is 0.217. The molecule has 0 fully saturated rings. The van der Waals surface area contributed by atoms with Crippen LogP contribution in [0, 0.1) is 0 Å². The van der Waals surface area contributed by atoms with E-state index in [9.17, 15) is 0 Å². The Balaban J connectivity index is 2.32. The van der Waals surface area contributed by atoms with E-state index in [0.29, 0.717) is 0 Å². The van der Waals surface area contributed by atoms with Gasteiger partial charge in [-0.25, -0.2) is 0 Å². The molecule has 0 amide bonds. The van der Waals surface area contributed by atoms with Gasteiger partial charge in [0.05, 0.1) is 13.3 Å². The Morgan fingerprint density at radius 1 is 0.720 bits per heavy atom. The number of benzene rings is 3. The molecule has 0 saturated heterocycles. The van der Waals surface area contributed by atoms with Crippen molar-refractivity contribution < 1.29 is 4.74 Å². The van der Waals surface area contributed by atoms with Gasteiger partial charge in [0.1, 0.15) is 23.2 Å². The number of hydrogen-bond acceptors (Lipinski definition) is 1. The van der Waals surface area contributed by atoms with Crippen molar-refractivity contribution in [3.05, 3.63) is 84.9 Å². The van der Waals surface area contributed by atoms with Gasteiger partial charge in [-0.2, -0.15) is 0 Å². The van der Waals surface area contributed by atoms with Gasteiger partial charge in [0.2, 0.25) is 0 Å². The van der Waals surface area contributed by atoms with Gasteiger partial charge in [-0.15, -0.1) is 0 Å². The number of methoxy groups -OCH3 is 1. The number of rotatable bonds is 7. The van der Waals surface area contributed by atoms with Crippen molar-refractivity contribution in [2.75, 3.05) is 13.3 Å². The van der Waals surface area contributed by atoms with E-state index in [0.717, 1.165) is 11.9 Å². The number of unbranched alkanes of at least 4 members (excludes halogenated alkanes) is 1. The Morgan fingerprint density at radius 2 is 1.24 bits per heavy atom. The summed E-state index contributed by atoms with van der Waals surface area (Å²) < 4.78 is 5.80. The lowest BCUT2D eigenvalue weighted by Crippen LogP contribution is -2.34. The van der Waals surface area contributed by atoms with Crippen LogP contribution in [0.25, 0.3) is 0 Å². The molecule has 0 spiro atoms. The highest BCUT2D eigenvalue weighted by Crippen LogP contribution is 2.57. The zero-order valence-electron chi connectivity index (χ0n) is 15.1. The second kappa shape index (κ2) is 8.32. The highest BCUT2D eigenvalue weighted by atomic mass is 31.2. The van der Waals surface area contributed by atoms with Crippen molar-refractivity contribution >= 4 is 23.2 Å². The number of ether oxygens (including phenoxy) is 1. The van der Waals surface area contributed by atoms with Crippen LogP contribution in [-0.2, 0) is 0 Å². The first-order chi connectivity index (χ1) is 12.3. The summed E-state index contributed by atoms with van der Waals surface area (Å²) in [5.41, 5.74) is 0. The molecule has 0 unspecified atom stereocenters. The van der Waals surface area contributed by atoms with Gasteiger partial charge in [0.25, 0.3) is 0 Å². The molecule has 0 saturated carbocycles. The molecular weight excluding hydrogens is 323 g/mol. The van der Waals surface area contributed by atoms with Crippen LogP contribution in [0.1, 0.15) is 19.8 Å². The van der Waals surface area contributed by atoms with Gasteiger partial charge >= 0.3 is 0 Å². The quantitative estimate of drug-likeness (QED) is 0.557. The predicted molar refractivity (Wildman–Crippen MR) is 111 cm³/mol. The molecule has 0 aliphatic carbocycles. The molecule has 0 bridgehead atoms. The van der Waals surface area contributed by atoms with Gasteiger partial charge in [0.15, 0.2) is 5.75 Å². The second-order valence-corrected chi connectivity index (χ2v) is 9.81. The van der Waals surface area contributed by atoms with Crippen LogP contribution in [0.3, 0.4) is 0 Å². The lowest BCUT2D eigenvalue weighted by Gasteiger charge is -2.28. The Labute approximate surface area is 152 Å². The molecule has 0 N–H and O–H groups in total. The first-order valence-electron chi connectivity index (χ1n) is 8.96. The summed E-state index contributed by atoms with van der Waals surface area (Å²) >= 11 is 0. The third-order valence-corrected chi connectivity index (χ3v) is 9.28. The fourth-order valence-electron chi connectivity index (χ4n) is 3.51. The second-order valence-electron chi connectivity index (χ2n) is 6.23. The van der Waals surface area contributed by atoms with Crippen molar-refractivity contribution in [3.8, 4) is 5.75 Å². The minimum Gasteiger partial charge on any atom is -0.493 e. The SMILES string of the molecule is CCCC[P+](c1ccccc1)(c1ccccc1)c1ccccc1OC. The average Bonchev–Trinajstić information content (AvgIpc) is 2.70. The fourth-order valence-corrected chi connectivity index (χ4v) is 8.16. The molecule has 0 aliphatic heterocycles. The van der Waals surface area contributed by atoms with Gasteiger partial charge in [-0.05, 0) is 42.8 Å². The molecule has 3 rings (SSSR count). The topological polar surface area (TPSA) is 9.23 Å². The standard InChI is InChI=1S/C23H26OP/c1-3-4-19-25(20-13-7-5-8-14-20,21-15-9-6-10-16-21)23-18-12-11-17-22(23)24-2/h5-18H,3-4,19H2,1-2H3/q+1. The third-order valence-electron chi connectivity index (χ3n) is 4.74. The van der Waals surface area contributed by atoms with E-state index >= 15 is 0 Å². The van der Waals surface area contributed by atoms with Crippen molar-refractivity contribution in [2.45, 2.75) is 19.8 Å². The van der Waals surface area contributed by atoms with Crippen LogP contribution in [-0.4, -0.2) is 13.3 Å². The van der Waals surface area contributed by atoms with E-state index in [2.05, 4.69) is 91.9 Å². The molecule has 0 aromatic heterocycles. The van der Waals surface area contributed by atoms with Gasteiger partial charge < -0.3 is 4.74 Å². The van der Waals surface area contributed by atoms with Gasteiger partial charge in [0, 0.05) is 0 Å². The Morgan fingerprint density at radius 3 is 1.76 bits per heavy atom. The summed E-state index contributed by atoms with van der Waals surface area (Å²) in [5, 5.41) is 4.21. The third kappa shape index (κ3) is 3.48. The average molecular weight is 349 g/mol. The predicted octanol–water partition coefficient (Wildman–Crippen LogP) is 4.79. The Kier molecular flexibility index (Phi) is 5.89. The van der Waals surface area contributed by atoms with Crippen LogP contribution >= 0.6 is 7.26 Å². The molecule has 2 heteroatoms. The largest absolute Gasteiger partial charge is 0.493 e. The minimum atomic E-state index is -1.75. The molecule has 25 heavy (non-hydrogen) atoms. The zero-order chi connectivity index (χ0) is 17.5. The lowest BCUT2D eigenvalue weighted by molar-refractivity contribution is 0.418. The monoisotopic (exact) mass is 349 g/mol. The van der Waals surface area contributed by atoms with E-state index < -0.39 is 7.26 Å². The summed E-state index contributed by atoms with van der Waals surface area (Å²) in [6, 6.07) is 30.6.